The third-order valence-electron chi connectivity index (χ3n) is 3.68. The van der Waals surface area contributed by atoms with Gasteiger partial charge in [-0.25, -0.2) is 9.97 Å². The second kappa shape index (κ2) is 4.35. The van der Waals surface area contributed by atoms with Gasteiger partial charge in [-0.1, -0.05) is 24.4 Å². The van der Waals surface area contributed by atoms with Crippen LogP contribution in [0.3, 0.4) is 0 Å². The highest BCUT2D eigenvalue weighted by atomic mass is 35.5. The zero-order valence-electron chi connectivity index (χ0n) is 10.2. The van der Waals surface area contributed by atoms with E-state index in [-0.39, 0.29) is 0 Å². The summed E-state index contributed by atoms with van der Waals surface area (Å²) in [5.41, 5.74) is 1.96. The molecule has 0 unspecified atom stereocenters. The molecule has 2 heterocycles. The van der Waals surface area contributed by atoms with Gasteiger partial charge in [0, 0.05) is 5.92 Å². The molecule has 18 heavy (non-hydrogen) atoms. The van der Waals surface area contributed by atoms with Crippen molar-refractivity contribution in [3.8, 4) is 0 Å². The number of nitrogens with zero attached hydrogens (tertiary/aromatic N) is 2. The van der Waals surface area contributed by atoms with Crippen LogP contribution >= 0.6 is 11.6 Å². The number of halogens is 1. The number of carbonyl (C=O) groups is 1. The second-order valence-electron chi connectivity index (χ2n) is 4.84. The molecule has 3 rings (SSSR count). The van der Waals surface area contributed by atoms with Crippen LogP contribution in [0, 0.1) is 6.92 Å². The number of aromatic nitrogens is 3. The monoisotopic (exact) mass is 263 g/mol. The summed E-state index contributed by atoms with van der Waals surface area (Å²) in [7, 11) is 0. The maximum atomic E-state index is 11.0. The Balaban J connectivity index is 2.18. The van der Waals surface area contributed by atoms with Crippen LogP contribution in [0.15, 0.2) is 0 Å². The summed E-state index contributed by atoms with van der Waals surface area (Å²) in [4.78, 5) is 23.1. The molecule has 1 fully saturated rings. The van der Waals surface area contributed by atoms with Gasteiger partial charge in [-0.15, -0.1) is 0 Å². The van der Waals surface area contributed by atoms with Crippen molar-refractivity contribution in [1.29, 1.82) is 0 Å². The van der Waals surface area contributed by atoms with Crippen molar-refractivity contribution in [3.05, 3.63) is 22.2 Å². The molecule has 0 atom stereocenters. The Hall–Kier alpha value is -1.42. The largest absolute Gasteiger partial charge is 0.330 e. The van der Waals surface area contributed by atoms with Crippen LogP contribution in [0.2, 0.25) is 5.15 Å². The maximum Gasteiger partial charge on any atom is 0.153 e. The Morgan fingerprint density at radius 2 is 2.06 bits per heavy atom. The molecule has 1 N–H and O–H groups in total. The highest BCUT2D eigenvalue weighted by Gasteiger charge is 2.22. The number of aromatic amines is 1. The van der Waals surface area contributed by atoms with Gasteiger partial charge in [0.15, 0.2) is 6.29 Å². The van der Waals surface area contributed by atoms with Gasteiger partial charge in [0.05, 0.1) is 16.6 Å². The summed E-state index contributed by atoms with van der Waals surface area (Å²) in [6.45, 7) is 1.90. The number of aryl methyl sites for hydroxylation is 1. The Morgan fingerprint density at radius 1 is 1.33 bits per heavy atom. The summed E-state index contributed by atoms with van der Waals surface area (Å²) >= 11 is 6.00. The molecule has 0 spiro atoms. The number of nitrogens with one attached hydrogen (secondary N) is 1. The average Bonchev–Trinajstić information content (AvgIpc) is 2.95. The van der Waals surface area contributed by atoms with Gasteiger partial charge in [-0.05, 0) is 19.8 Å². The molecule has 0 aliphatic heterocycles. The Bertz CT molecular complexity index is 614. The maximum absolute atomic E-state index is 11.0. The van der Waals surface area contributed by atoms with E-state index in [4.69, 9.17) is 11.6 Å². The number of aldehydes is 1. The van der Waals surface area contributed by atoms with Crippen molar-refractivity contribution in [3.63, 3.8) is 0 Å². The first kappa shape index (κ1) is 11.7. The first-order valence-electron chi connectivity index (χ1n) is 6.21. The van der Waals surface area contributed by atoms with Gasteiger partial charge in [0.1, 0.15) is 16.6 Å². The number of H-pyrrole nitrogens is 1. The molecule has 0 saturated heterocycles. The van der Waals surface area contributed by atoms with Crippen molar-refractivity contribution in [2.75, 3.05) is 0 Å². The van der Waals surface area contributed by atoms with Gasteiger partial charge in [0.25, 0.3) is 0 Å². The fraction of sp³-hybridized carbons (Fsp3) is 0.462. The zero-order valence-corrected chi connectivity index (χ0v) is 10.9. The van der Waals surface area contributed by atoms with Gasteiger partial charge in [-0.2, -0.15) is 0 Å². The number of carbonyl (C=O) groups excluding carboxylic acids is 1. The molecule has 4 nitrogen and oxygen atoms in total. The van der Waals surface area contributed by atoms with E-state index in [1.165, 1.54) is 12.8 Å². The highest BCUT2D eigenvalue weighted by molar-refractivity contribution is 6.33. The zero-order chi connectivity index (χ0) is 12.7. The SMILES string of the molecule is Cc1nc(C2CCCC2)nc2[nH]c(Cl)c(C=O)c12. The molecule has 0 aromatic carbocycles. The molecule has 0 radical (unpaired) electrons. The smallest absolute Gasteiger partial charge is 0.153 e. The average molecular weight is 264 g/mol. The van der Waals surface area contributed by atoms with Gasteiger partial charge in [-0.3, -0.25) is 4.79 Å². The third-order valence-corrected chi connectivity index (χ3v) is 3.98. The summed E-state index contributed by atoms with van der Waals surface area (Å²) in [6.07, 6.45) is 5.55. The summed E-state index contributed by atoms with van der Waals surface area (Å²) in [5.74, 6) is 1.34. The van der Waals surface area contributed by atoms with Crippen molar-refractivity contribution in [2.45, 2.75) is 38.5 Å². The van der Waals surface area contributed by atoms with Crippen LogP contribution in [0.4, 0.5) is 0 Å². The lowest BCUT2D eigenvalue weighted by Crippen LogP contribution is -2.02. The van der Waals surface area contributed by atoms with E-state index in [1.54, 1.807) is 0 Å². The Morgan fingerprint density at radius 3 is 2.72 bits per heavy atom. The van der Waals surface area contributed by atoms with E-state index in [0.717, 1.165) is 36.0 Å². The third kappa shape index (κ3) is 1.72. The first-order valence-corrected chi connectivity index (χ1v) is 6.59. The van der Waals surface area contributed by atoms with Gasteiger partial charge >= 0.3 is 0 Å². The minimum absolute atomic E-state index is 0.348. The lowest BCUT2D eigenvalue weighted by molar-refractivity contribution is 0.112. The predicted octanol–water partition coefficient (Wildman–Crippen LogP) is 3.39. The number of rotatable bonds is 2. The van der Waals surface area contributed by atoms with E-state index < -0.39 is 0 Å². The van der Waals surface area contributed by atoms with E-state index in [1.807, 2.05) is 6.92 Å². The molecule has 1 saturated carbocycles. The quantitative estimate of drug-likeness (QED) is 0.845. The molecule has 5 heteroatoms. The molecule has 1 aliphatic rings. The predicted molar refractivity (Wildman–Crippen MR) is 70.2 cm³/mol. The first-order chi connectivity index (χ1) is 8.70. The van der Waals surface area contributed by atoms with Crippen LogP contribution in [0.25, 0.3) is 11.0 Å². The van der Waals surface area contributed by atoms with Crippen molar-refractivity contribution in [1.82, 2.24) is 15.0 Å². The fourth-order valence-electron chi connectivity index (χ4n) is 2.77. The number of hydrogen-bond donors (Lipinski definition) is 1. The molecule has 0 bridgehead atoms. The fourth-order valence-corrected chi connectivity index (χ4v) is 2.99. The second-order valence-corrected chi connectivity index (χ2v) is 5.22. The topological polar surface area (TPSA) is 58.6 Å². The molecule has 1 aliphatic carbocycles. The summed E-state index contributed by atoms with van der Waals surface area (Å²) in [6, 6.07) is 0. The molecule has 2 aromatic heterocycles. The van der Waals surface area contributed by atoms with Gasteiger partial charge in [0.2, 0.25) is 0 Å². The minimum atomic E-state index is 0.348. The molecule has 94 valence electrons. The van der Waals surface area contributed by atoms with Crippen LogP contribution < -0.4 is 0 Å². The van der Waals surface area contributed by atoms with Crippen LogP contribution in [0.1, 0.15) is 53.5 Å². The lowest BCUT2D eigenvalue weighted by Gasteiger charge is -2.08. The van der Waals surface area contributed by atoms with Crippen LogP contribution in [0.5, 0.6) is 0 Å². The standard InChI is InChI=1S/C13H14ClN3O/c1-7-10-9(6-18)11(14)16-13(10)17-12(15-7)8-4-2-3-5-8/h6,8H,2-5H2,1H3,(H,15,16,17). The molecular weight excluding hydrogens is 250 g/mol. The Labute approximate surface area is 110 Å². The van der Waals surface area contributed by atoms with E-state index in [0.29, 0.717) is 22.3 Å². The molecule has 2 aromatic rings. The van der Waals surface area contributed by atoms with E-state index in [9.17, 15) is 4.79 Å². The van der Waals surface area contributed by atoms with Crippen LogP contribution in [-0.2, 0) is 0 Å². The summed E-state index contributed by atoms with van der Waals surface area (Å²) < 4.78 is 0. The van der Waals surface area contributed by atoms with Gasteiger partial charge < -0.3 is 4.98 Å². The molecular formula is C13H14ClN3O. The van der Waals surface area contributed by atoms with Crippen molar-refractivity contribution >= 4 is 28.9 Å². The number of hydrogen-bond acceptors (Lipinski definition) is 3. The van der Waals surface area contributed by atoms with Crippen LogP contribution in [-0.4, -0.2) is 21.2 Å². The van der Waals surface area contributed by atoms with E-state index >= 15 is 0 Å². The normalized spacial score (nSPS) is 16.6. The number of fused-ring (bicyclic) bond motifs is 1. The Kier molecular flexibility index (Phi) is 2.82. The highest BCUT2D eigenvalue weighted by Crippen LogP contribution is 2.34. The molecule has 0 amide bonds. The van der Waals surface area contributed by atoms with E-state index in [2.05, 4.69) is 15.0 Å². The lowest BCUT2D eigenvalue weighted by atomic mass is 10.1. The van der Waals surface area contributed by atoms with Crippen molar-refractivity contribution < 1.29 is 4.79 Å². The minimum Gasteiger partial charge on any atom is -0.330 e. The summed E-state index contributed by atoms with van der Waals surface area (Å²) in [5, 5.41) is 1.10. The van der Waals surface area contributed by atoms with Crippen molar-refractivity contribution in [2.24, 2.45) is 0 Å².